The minimum atomic E-state index is -0.581. The van der Waals surface area contributed by atoms with Crippen molar-refractivity contribution in [2.45, 2.75) is 65.0 Å². The zero-order valence-electron chi connectivity index (χ0n) is 23.2. The van der Waals surface area contributed by atoms with Gasteiger partial charge in [-0.15, -0.1) is 11.3 Å². The summed E-state index contributed by atoms with van der Waals surface area (Å²) < 4.78 is 5.82. The molecule has 0 spiro atoms. The Morgan fingerprint density at radius 3 is 2.74 bits per heavy atom. The Kier molecular flexibility index (Phi) is 10.0. The van der Waals surface area contributed by atoms with E-state index < -0.39 is 12.1 Å². The molecule has 2 aliphatic heterocycles. The number of thiazole rings is 1. The number of allylic oxidation sites excluding steroid dienone is 1. The van der Waals surface area contributed by atoms with Crippen molar-refractivity contribution in [3.63, 3.8) is 0 Å². The molecule has 206 valence electrons. The number of aliphatic hydroxyl groups excluding tert-OH is 1. The number of hydrogen-bond donors (Lipinski definition) is 2. The van der Waals surface area contributed by atoms with Crippen LogP contribution in [0.3, 0.4) is 0 Å². The second-order valence-electron chi connectivity index (χ2n) is 10.7. The maximum Gasteiger partial charge on any atom is 0.243 e. The summed E-state index contributed by atoms with van der Waals surface area (Å²) in [4.78, 5) is 25.4. The van der Waals surface area contributed by atoms with E-state index in [0.29, 0.717) is 44.9 Å². The van der Waals surface area contributed by atoms with Crippen molar-refractivity contribution in [3.8, 4) is 10.4 Å². The SMILES string of the molecule is [B]CCCCOC1=NCC(C(C(=C)N2C[C@H](O)CC2C(=O)NCc2ccc(-c3scnc3C)cc2)C(C)C)=C1. The number of amides is 1. The number of nitrogens with zero attached hydrogens (tertiary/aromatic N) is 3. The van der Waals surface area contributed by atoms with Gasteiger partial charge in [0.05, 0.1) is 43.2 Å². The van der Waals surface area contributed by atoms with Crippen molar-refractivity contribution < 1.29 is 14.6 Å². The molecule has 0 bridgehead atoms. The molecule has 2 aromatic rings. The van der Waals surface area contributed by atoms with Gasteiger partial charge in [-0.25, -0.2) is 9.98 Å². The number of benzene rings is 1. The molecule has 2 N–H and O–H groups in total. The predicted molar refractivity (Wildman–Crippen MR) is 159 cm³/mol. The molecule has 39 heavy (non-hydrogen) atoms. The van der Waals surface area contributed by atoms with Gasteiger partial charge in [-0.3, -0.25) is 4.79 Å². The predicted octanol–water partition coefficient (Wildman–Crippen LogP) is 4.68. The van der Waals surface area contributed by atoms with Gasteiger partial charge in [-0.1, -0.05) is 57.4 Å². The highest BCUT2D eigenvalue weighted by molar-refractivity contribution is 7.13. The minimum Gasteiger partial charge on any atom is -0.478 e. The van der Waals surface area contributed by atoms with Crippen LogP contribution < -0.4 is 5.32 Å². The molecule has 2 unspecified atom stereocenters. The molecule has 1 saturated heterocycles. The lowest BCUT2D eigenvalue weighted by Crippen LogP contribution is -2.44. The van der Waals surface area contributed by atoms with Crippen LogP contribution in [0.25, 0.3) is 10.4 Å². The van der Waals surface area contributed by atoms with Gasteiger partial charge in [0.25, 0.3) is 0 Å². The summed E-state index contributed by atoms with van der Waals surface area (Å²) in [5, 5.41) is 13.6. The maximum atomic E-state index is 13.3. The largest absolute Gasteiger partial charge is 0.478 e. The van der Waals surface area contributed by atoms with Gasteiger partial charge in [0.15, 0.2) is 0 Å². The average Bonchev–Trinajstić information content (AvgIpc) is 3.65. The first-order valence-electron chi connectivity index (χ1n) is 13.8. The second-order valence-corrected chi connectivity index (χ2v) is 11.5. The molecule has 1 amide bonds. The molecule has 7 nitrogen and oxygen atoms in total. The fraction of sp³-hybridized carbons (Fsp3) is 0.500. The van der Waals surface area contributed by atoms with Gasteiger partial charge < -0.3 is 20.1 Å². The number of aliphatic imine (C=N–C) groups is 1. The van der Waals surface area contributed by atoms with Crippen LogP contribution in [0.5, 0.6) is 0 Å². The van der Waals surface area contributed by atoms with Crippen LogP contribution in [-0.2, 0) is 16.1 Å². The first kappa shape index (κ1) is 29.1. The van der Waals surface area contributed by atoms with E-state index in [2.05, 4.69) is 47.9 Å². The summed E-state index contributed by atoms with van der Waals surface area (Å²) in [5.41, 5.74) is 6.99. The summed E-state index contributed by atoms with van der Waals surface area (Å²) in [5.74, 6) is 0.797. The van der Waals surface area contributed by atoms with Crippen LogP contribution in [0.2, 0.25) is 6.32 Å². The van der Waals surface area contributed by atoms with Crippen molar-refractivity contribution in [1.29, 1.82) is 0 Å². The number of unbranched alkanes of at least 4 members (excludes halogenated alkanes) is 1. The van der Waals surface area contributed by atoms with Gasteiger partial charge in [0.1, 0.15) is 6.04 Å². The summed E-state index contributed by atoms with van der Waals surface area (Å²) in [7, 11) is 5.57. The number of aromatic nitrogens is 1. The van der Waals surface area contributed by atoms with Gasteiger partial charge in [0.2, 0.25) is 11.8 Å². The molecule has 3 atom stereocenters. The fourth-order valence-electron chi connectivity index (χ4n) is 5.36. The molecular formula is C30H39BN4O3S. The molecule has 1 aromatic carbocycles. The molecular weight excluding hydrogens is 507 g/mol. The number of ether oxygens (including phenoxy) is 1. The normalized spacial score (nSPS) is 19.7. The van der Waals surface area contributed by atoms with E-state index in [0.717, 1.165) is 45.8 Å². The minimum absolute atomic E-state index is 0.00207. The summed E-state index contributed by atoms with van der Waals surface area (Å²) in [6.07, 6.45) is 4.29. The first-order valence-corrected chi connectivity index (χ1v) is 14.6. The Balaban J connectivity index is 1.38. The van der Waals surface area contributed by atoms with E-state index in [1.54, 1.807) is 11.3 Å². The summed E-state index contributed by atoms with van der Waals surface area (Å²) >= 11 is 1.62. The molecule has 2 radical (unpaired) electrons. The molecule has 2 aliphatic rings. The summed E-state index contributed by atoms with van der Waals surface area (Å²) in [6, 6.07) is 7.73. The first-order chi connectivity index (χ1) is 18.8. The molecule has 1 fully saturated rings. The number of nitrogens with one attached hydrogen (secondary N) is 1. The Bertz CT molecular complexity index is 1210. The van der Waals surface area contributed by atoms with Crippen LogP contribution in [0.1, 0.15) is 44.4 Å². The van der Waals surface area contributed by atoms with E-state index in [-0.39, 0.29) is 17.7 Å². The monoisotopic (exact) mass is 546 g/mol. The van der Waals surface area contributed by atoms with Crippen molar-refractivity contribution in [2.75, 3.05) is 19.7 Å². The quantitative estimate of drug-likeness (QED) is 0.298. The topological polar surface area (TPSA) is 87.0 Å². The van der Waals surface area contributed by atoms with Crippen molar-refractivity contribution in [2.24, 2.45) is 16.8 Å². The number of β-amino-alcohol motifs (C(OH)–C–C–N with tert-alkyl or cyclic N) is 1. The standard InChI is InChI=1S/C30H39BN4O3S/c1-19(2)28(24-13-27(32-16-24)38-12-6-5-11-31)21(4)35-17-25(36)14-26(35)30(37)33-15-22-7-9-23(10-8-22)29-20(3)34-18-39-29/h7-10,13,18-19,25-26,28,36H,4-6,11-12,14-17H2,1-3H3,(H,33,37)/t25-,26?,28?/m1/s1. The molecule has 9 heteroatoms. The smallest absolute Gasteiger partial charge is 0.243 e. The molecule has 0 saturated carbocycles. The lowest BCUT2D eigenvalue weighted by atomic mass is 9.85. The van der Waals surface area contributed by atoms with Crippen LogP contribution in [0.4, 0.5) is 0 Å². The van der Waals surface area contributed by atoms with Gasteiger partial charge >= 0.3 is 0 Å². The highest BCUT2D eigenvalue weighted by atomic mass is 32.1. The number of rotatable bonds is 12. The highest BCUT2D eigenvalue weighted by Gasteiger charge is 2.39. The number of carbonyl (C=O) groups is 1. The van der Waals surface area contributed by atoms with E-state index in [1.807, 2.05) is 35.5 Å². The van der Waals surface area contributed by atoms with E-state index in [9.17, 15) is 9.90 Å². The van der Waals surface area contributed by atoms with Gasteiger partial charge in [0, 0.05) is 37.2 Å². The molecule has 4 rings (SSSR count). The summed E-state index contributed by atoms with van der Waals surface area (Å²) in [6.45, 7) is 12.7. The number of likely N-dealkylation sites (tertiary alicyclic amines) is 1. The third kappa shape index (κ3) is 7.19. The van der Waals surface area contributed by atoms with E-state index in [1.165, 1.54) is 0 Å². The highest BCUT2D eigenvalue weighted by Crippen LogP contribution is 2.35. The Morgan fingerprint density at radius 1 is 1.31 bits per heavy atom. The van der Waals surface area contributed by atoms with Crippen LogP contribution in [0, 0.1) is 18.8 Å². The van der Waals surface area contributed by atoms with E-state index in [4.69, 9.17) is 12.6 Å². The number of aryl methyl sites for hydroxylation is 1. The second kappa shape index (κ2) is 13.4. The van der Waals surface area contributed by atoms with Crippen LogP contribution in [0.15, 0.2) is 58.7 Å². The third-order valence-electron chi connectivity index (χ3n) is 7.38. The van der Waals surface area contributed by atoms with Gasteiger partial charge in [-0.2, -0.15) is 0 Å². The molecule has 3 heterocycles. The lowest BCUT2D eigenvalue weighted by Gasteiger charge is -2.35. The maximum absolute atomic E-state index is 13.3. The van der Waals surface area contributed by atoms with Crippen LogP contribution >= 0.6 is 11.3 Å². The van der Waals surface area contributed by atoms with Gasteiger partial charge in [-0.05, 0) is 36.0 Å². The Labute approximate surface area is 237 Å². The lowest BCUT2D eigenvalue weighted by molar-refractivity contribution is -0.125. The number of aliphatic hydroxyl groups is 1. The van der Waals surface area contributed by atoms with E-state index >= 15 is 0 Å². The van der Waals surface area contributed by atoms with Crippen LogP contribution in [-0.4, -0.2) is 66.5 Å². The zero-order valence-corrected chi connectivity index (χ0v) is 24.0. The molecule has 0 aliphatic carbocycles. The van der Waals surface area contributed by atoms with Crippen molar-refractivity contribution in [1.82, 2.24) is 15.2 Å². The van der Waals surface area contributed by atoms with Crippen molar-refractivity contribution >= 4 is 31.0 Å². The van der Waals surface area contributed by atoms with Crippen molar-refractivity contribution in [3.05, 3.63) is 65.0 Å². The zero-order chi connectivity index (χ0) is 27.9. The third-order valence-corrected chi connectivity index (χ3v) is 8.36. The molecule has 1 aromatic heterocycles. The fourth-order valence-corrected chi connectivity index (χ4v) is 6.17. The Morgan fingerprint density at radius 2 is 2.08 bits per heavy atom. The number of carbonyl (C=O) groups excluding carboxylic acids is 1. The Hall–Kier alpha value is -2.91. The average molecular weight is 547 g/mol. The number of hydrogen-bond acceptors (Lipinski definition) is 7.